The molecule has 0 unspecified atom stereocenters. The molecule has 0 saturated carbocycles. The van der Waals surface area contributed by atoms with Crippen LogP contribution in [0.4, 0.5) is 4.79 Å². The van der Waals surface area contributed by atoms with Crippen LogP contribution in [0.3, 0.4) is 0 Å². The number of fused-ring (bicyclic) bond motifs is 1. The molecule has 6 heteroatoms. The third-order valence-corrected chi connectivity index (χ3v) is 6.80. The second-order valence-corrected chi connectivity index (χ2v) is 10.1. The molecule has 0 bridgehead atoms. The van der Waals surface area contributed by atoms with Crippen molar-refractivity contribution in [2.45, 2.75) is 33.7 Å². The van der Waals surface area contributed by atoms with Gasteiger partial charge in [-0.15, -0.1) is 0 Å². The summed E-state index contributed by atoms with van der Waals surface area (Å²) in [5.74, 6) is 0.0527. The van der Waals surface area contributed by atoms with Crippen molar-refractivity contribution in [3.05, 3.63) is 74.7 Å². The van der Waals surface area contributed by atoms with Crippen LogP contribution in [-0.4, -0.2) is 27.2 Å². The standard InChI is InChI=1S/C25H25BrN2O2S/c1-4-18-6-5-7-21-19(12-22-24(29)28(13-16(2)3)25(30)31-22)15-27(23(18)21)14-17-8-10-20(26)11-9-17/h5-12,15-16H,4,13-14H2,1-3H3/b22-12-. The number of imide groups is 1. The van der Waals surface area contributed by atoms with E-state index in [9.17, 15) is 9.59 Å². The number of nitrogens with zero attached hydrogens (tertiary/aromatic N) is 2. The van der Waals surface area contributed by atoms with Gasteiger partial charge in [0.15, 0.2) is 0 Å². The third kappa shape index (κ3) is 4.51. The van der Waals surface area contributed by atoms with Crippen molar-refractivity contribution in [2.75, 3.05) is 6.54 Å². The third-order valence-electron chi connectivity index (χ3n) is 5.37. The summed E-state index contributed by atoms with van der Waals surface area (Å²) in [6.45, 7) is 7.36. The van der Waals surface area contributed by atoms with Crippen LogP contribution in [0.15, 0.2) is 58.0 Å². The van der Waals surface area contributed by atoms with E-state index in [2.05, 4.69) is 63.9 Å². The first-order chi connectivity index (χ1) is 14.9. The molecule has 4 nitrogen and oxygen atoms in total. The zero-order valence-corrected chi connectivity index (χ0v) is 20.3. The topological polar surface area (TPSA) is 42.3 Å². The number of amides is 2. The van der Waals surface area contributed by atoms with Gasteiger partial charge in [0.1, 0.15) is 0 Å². The number of benzene rings is 2. The van der Waals surface area contributed by atoms with Gasteiger partial charge < -0.3 is 4.57 Å². The van der Waals surface area contributed by atoms with Gasteiger partial charge in [0.25, 0.3) is 11.1 Å². The fourth-order valence-corrected chi connectivity index (χ4v) is 5.04. The molecule has 0 aliphatic carbocycles. The number of halogens is 1. The summed E-state index contributed by atoms with van der Waals surface area (Å²) >= 11 is 4.53. The van der Waals surface area contributed by atoms with Crippen molar-refractivity contribution < 1.29 is 9.59 Å². The predicted molar refractivity (Wildman–Crippen MR) is 132 cm³/mol. The van der Waals surface area contributed by atoms with Crippen molar-refractivity contribution in [1.29, 1.82) is 0 Å². The average molecular weight is 497 g/mol. The van der Waals surface area contributed by atoms with Gasteiger partial charge in [0, 0.05) is 34.7 Å². The lowest BCUT2D eigenvalue weighted by molar-refractivity contribution is -0.123. The first kappa shape index (κ1) is 21.9. The minimum Gasteiger partial charge on any atom is -0.342 e. The molecule has 0 radical (unpaired) electrons. The van der Waals surface area contributed by atoms with Crippen LogP contribution < -0.4 is 0 Å². The van der Waals surface area contributed by atoms with Crippen molar-refractivity contribution in [3.63, 3.8) is 0 Å². The highest BCUT2D eigenvalue weighted by molar-refractivity contribution is 9.10. The van der Waals surface area contributed by atoms with E-state index in [0.717, 1.165) is 40.1 Å². The highest BCUT2D eigenvalue weighted by Gasteiger charge is 2.35. The molecule has 1 saturated heterocycles. The molecule has 0 N–H and O–H groups in total. The molecule has 31 heavy (non-hydrogen) atoms. The molecule has 2 aromatic carbocycles. The Morgan fingerprint density at radius 2 is 1.84 bits per heavy atom. The van der Waals surface area contributed by atoms with Gasteiger partial charge in [0.05, 0.1) is 10.4 Å². The summed E-state index contributed by atoms with van der Waals surface area (Å²) in [5, 5.41) is 0.921. The van der Waals surface area contributed by atoms with Gasteiger partial charge in [-0.2, -0.15) is 0 Å². The first-order valence-electron chi connectivity index (χ1n) is 10.5. The van der Waals surface area contributed by atoms with Crippen molar-refractivity contribution in [2.24, 2.45) is 5.92 Å². The monoisotopic (exact) mass is 496 g/mol. The van der Waals surface area contributed by atoms with Crippen LogP contribution in [-0.2, 0) is 17.8 Å². The first-order valence-corrected chi connectivity index (χ1v) is 12.1. The van der Waals surface area contributed by atoms with Gasteiger partial charge in [-0.1, -0.05) is 67.0 Å². The molecule has 1 aromatic heterocycles. The van der Waals surface area contributed by atoms with Crippen molar-refractivity contribution in [1.82, 2.24) is 9.47 Å². The van der Waals surface area contributed by atoms with Crippen molar-refractivity contribution >= 4 is 55.8 Å². The van der Waals surface area contributed by atoms with Crippen LogP contribution in [0.2, 0.25) is 0 Å². The Balaban J connectivity index is 1.77. The molecule has 3 aromatic rings. The number of hydrogen-bond donors (Lipinski definition) is 0. The Morgan fingerprint density at radius 3 is 2.52 bits per heavy atom. The molecule has 0 atom stereocenters. The van der Waals surface area contributed by atoms with Crippen LogP contribution in [0, 0.1) is 5.92 Å². The Hall–Kier alpha value is -2.31. The molecular formula is C25H25BrN2O2S. The molecule has 1 aliphatic heterocycles. The molecular weight excluding hydrogens is 472 g/mol. The van der Waals surface area contributed by atoms with Crippen molar-refractivity contribution in [3.8, 4) is 0 Å². The summed E-state index contributed by atoms with van der Waals surface area (Å²) in [6, 6.07) is 14.6. The molecule has 2 heterocycles. The number of carbonyl (C=O) groups is 2. The fourth-order valence-electron chi connectivity index (χ4n) is 3.94. The summed E-state index contributed by atoms with van der Waals surface area (Å²) in [7, 11) is 0. The number of aromatic nitrogens is 1. The second kappa shape index (κ2) is 9.05. The quantitative estimate of drug-likeness (QED) is 0.356. The number of hydrogen-bond acceptors (Lipinski definition) is 3. The summed E-state index contributed by atoms with van der Waals surface area (Å²) < 4.78 is 3.31. The van der Waals surface area contributed by atoms with E-state index in [-0.39, 0.29) is 17.1 Å². The Morgan fingerprint density at radius 1 is 1.10 bits per heavy atom. The van der Waals surface area contributed by atoms with E-state index in [1.165, 1.54) is 21.5 Å². The average Bonchev–Trinajstić information content (AvgIpc) is 3.21. The summed E-state index contributed by atoms with van der Waals surface area (Å²) in [5.41, 5.74) is 4.62. The second-order valence-electron chi connectivity index (χ2n) is 8.19. The predicted octanol–water partition coefficient (Wildman–Crippen LogP) is 6.71. The van der Waals surface area contributed by atoms with Crippen LogP contribution in [0.1, 0.15) is 37.5 Å². The zero-order valence-electron chi connectivity index (χ0n) is 17.9. The maximum Gasteiger partial charge on any atom is 0.293 e. The van der Waals surface area contributed by atoms with Gasteiger partial charge >= 0.3 is 0 Å². The van der Waals surface area contributed by atoms with E-state index in [1.54, 1.807) is 0 Å². The molecule has 1 aliphatic rings. The molecule has 4 rings (SSSR count). The van der Waals surface area contributed by atoms with E-state index in [0.29, 0.717) is 11.4 Å². The van der Waals surface area contributed by atoms with E-state index < -0.39 is 0 Å². The number of aryl methyl sites for hydroxylation is 1. The van der Waals surface area contributed by atoms with E-state index in [4.69, 9.17) is 0 Å². The summed E-state index contributed by atoms with van der Waals surface area (Å²) in [4.78, 5) is 27.1. The molecule has 1 fully saturated rings. The molecule has 2 amide bonds. The number of thioether (sulfide) groups is 1. The minimum atomic E-state index is -0.191. The smallest absolute Gasteiger partial charge is 0.293 e. The van der Waals surface area contributed by atoms with E-state index in [1.807, 2.05) is 32.1 Å². The number of rotatable bonds is 6. The highest BCUT2D eigenvalue weighted by atomic mass is 79.9. The lowest BCUT2D eigenvalue weighted by atomic mass is 10.1. The van der Waals surface area contributed by atoms with Gasteiger partial charge in [-0.05, 0) is 53.4 Å². The number of carbonyl (C=O) groups excluding carboxylic acids is 2. The summed E-state index contributed by atoms with van der Waals surface area (Å²) in [6.07, 6.45) is 4.90. The lowest BCUT2D eigenvalue weighted by Gasteiger charge is -2.14. The Kier molecular flexibility index (Phi) is 6.39. The van der Waals surface area contributed by atoms with Gasteiger partial charge in [-0.25, -0.2) is 0 Å². The largest absolute Gasteiger partial charge is 0.342 e. The Bertz CT molecular complexity index is 1180. The normalized spacial score (nSPS) is 15.8. The maximum absolute atomic E-state index is 12.8. The molecule has 0 spiro atoms. The lowest BCUT2D eigenvalue weighted by Crippen LogP contribution is -2.31. The zero-order chi connectivity index (χ0) is 22.1. The Labute approximate surface area is 195 Å². The SMILES string of the molecule is CCc1cccc2c(/C=C3\SC(=O)N(CC(C)C)C3=O)cn(Cc3ccc(Br)cc3)c12. The fraction of sp³-hybridized carbons (Fsp3) is 0.280. The number of para-hydroxylation sites is 1. The van der Waals surface area contributed by atoms with Crippen LogP contribution in [0.5, 0.6) is 0 Å². The van der Waals surface area contributed by atoms with Crippen LogP contribution in [0.25, 0.3) is 17.0 Å². The van der Waals surface area contributed by atoms with Crippen LogP contribution >= 0.6 is 27.7 Å². The highest BCUT2D eigenvalue weighted by Crippen LogP contribution is 2.35. The van der Waals surface area contributed by atoms with E-state index >= 15 is 0 Å². The van der Waals surface area contributed by atoms with Gasteiger partial charge in [-0.3, -0.25) is 14.5 Å². The minimum absolute atomic E-state index is 0.183. The maximum atomic E-state index is 12.8. The van der Waals surface area contributed by atoms with Gasteiger partial charge in [0.2, 0.25) is 0 Å². The molecule has 160 valence electrons.